The minimum atomic E-state index is -4.24. The Hall–Kier alpha value is -5.39. The van der Waals surface area contributed by atoms with Crippen LogP contribution in [0.15, 0.2) is 89.6 Å². The van der Waals surface area contributed by atoms with E-state index >= 15 is 0 Å². The fourth-order valence-corrected chi connectivity index (χ4v) is 10.1. The van der Waals surface area contributed by atoms with Crippen LogP contribution in [0.5, 0.6) is 0 Å². The number of urea groups is 1. The van der Waals surface area contributed by atoms with Crippen molar-refractivity contribution in [2.45, 2.75) is 129 Å². The molecule has 7 N–H and O–H groups in total. The number of carbonyl (C=O) groups excluding carboxylic acids is 2. The molecule has 0 spiro atoms. The Morgan fingerprint density at radius 2 is 1.52 bits per heavy atom. The first-order valence-electron chi connectivity index (χ1n) is 23.9. The number of rotatable bonds is 27. The van der Waals surface area contributed by atoms with Gasteiger partial charge in [-0.05, 0) is 68.7 Å². The average Bonchev–Trinajstić information content (AvgIpc) is 3.87. The van der Waals surface area contributed by atoms with E-state index in [0.29, 0.717) is 57.0 Å². The Kier molecular flexibility index (Phi) is 20.1. The summed E-state index contributed by atoms with van der Waals surface area (Å²) in [5, 5.41) is 17.5. The minimum absolute atomic E-state index is 0.0883. The average molecular weight is 957 g/mol. The predicted molar refractivity (Wildman–Crippen MR) is 271 cm³/mol. The van der Waals surface area contributed by atoms with E-state index in [2.05, 4.69) is 135 Å². The lowest BCUT2D eigenvalue weighted by atomic mass is 9.84. The fourth-order valence-electron chi connectivity index (χ4n) is 8.90. The van der Waals surface area contributed by atoms with Gasteiger partial charge >= 0.3 is 6.03 Å². The molecule has 15 nitrogen and oxygen atoms in total. The van der Waals surface area contributed by atoms with Crippen molar-refractivity contribution in [1.82, 2.24) is 26.1 Å². The molecule has 0 radical (unpaired) electrons. The van der Waals surface area contributed by atoms with Crippen LogP contribution in [0.3, 0.4) is 0 Å². The van der Waals surface area contributed by atoms with E-state index < -0.39 is 10.1 Å². The first-order valence-corrected chi connectivity index (χ1v) is 26.3. The Morgan fingerprint density at radius 3 is 2.25 bits per heavy atom. The second-order valence-corrected chi connectivity index (χ2v) is 20.9. The number of aryl methyl sites for hydroxylation is 1. The van der Waals surface area contributed by atoms with E-state index in [1.165, 1.54) is 33.7 Å². The molecular formula is C50H72N10O5S2. The Balaban J connectivity index is 0.980. The van der Waals surface area contributed by atoms with Crippen LogP contribution < -0.4 is 32.3 Å². The van der Waals surface area contributed by atoms with Crippen LogP contribution in [-0.2, 0) is 32.3 Å². The lowest BCUT2D eigenvalue weighted by molar-refractivity contribution is -0.604. The van der Waals surface area contributed by atoms with Crippen LogP contribution >= 0.6 is 11.3 Å². The molecule has 2 aromatic carbocycles. The van der Waals surface area contributed by atoms with Gasteiger partial charge in [0.25, 0.3) is 0 Å². The van der Waals surface area contributed by atoms with Crippen molar-refractivity contribution in [2.24, 2.45) is 10.7 Å². The van der Waals surface area contributed by atoms with Gasteiger partial charge in [-0.15, -0.1) is 10.2 Å². The third-order valence-corrected chi connectivity index (χ3v) is 14.0. The Labute approximate surface area is 402 Å². The van der Waals surface area contributed by atoms with E-state index in [1.54, 1.807) is 0 Å². The molecule has 2 aliphatic rings. The number of para-hydroxylation sites is 1. The van der Waals surface area contributed by atoms with E-state index in [0.717, 1.165) is 87.1 Å². The topological polar surface area (TPSA) is 224 Å². The van der Waals surface area contributed by atoms with Crippen LogP contribution in [0.2, 0.25) is 0 Å². The van der Waals surface area contributed by atoms with Crippen LogP contribution in [0.1, 0.15) is 133 Å². The largest absolute Gasteiger partial charge is 0.748 e. The lowest BCUT2D eigenvalue weighted by Crippen LogP contribution is -2.43. The monoisotopic (exact) mass is 957 g/mol. The number of fused-ring (bicyclic) bond motifs is 2. The molecule has 0 saturated carbocycles. The first kappa shape index (κ1) is 52.6. The van der Waals surface area contributed by atoms with Crippen molar-refractivity contribution in [3.05, 3.63) is 106 Å². The summed E-state index contributed by atoms with van der Waals surface area (Å²) in [7, 11) is -4.24. The van der Waals surface area contributed by atoms with Crippen LogP contribution in [0.4, 0.5) is 15.6 Å². The molecule has 5 rings (SSSR count). The van der Waals surface area contributed by atoms with Gasteiger partial charge in [0.15, 0.2) is 11.5 Å². The van der Waals surface area contributed by atoms with Gasteiger partial charge in [0, 0.05) is 93.5 Å². The quantitative estimate of drug-likeness (QED) is 0.0126. The van der Waals surface area contributed by atoms with Crippen LogP contribution in [0.25, 0.3) is 0 Å². The van der Waals surface area contributed by atoms with Gasteiger partial charge in [-0.25, -0.2) is 17.8 Å². The zero-order chi connectivity index (χ0) is 48.3. The first-order chi connectivity index (χ1) is 32.1. The number of hydrogen-bond acceptors (Lipinski definition) is 11. The van der Waals surface area contributed by atoms with Crippen LogP contribution in [0, 0.1) is 0 Å². The summed E-state index contributed by atoms with van der Waals surface area (Å²) < 4.78 is 36.2. The molecule has 3 aromatic rings. The van der Waals surface area contributed by atoms with Crippen LogP contribution in [-0.4, -0.2) is 89.8 Å². The number of nitrogens with one attached hydrogen (secondary N) is 3. The molecule has 2 aliphatic heterocycles. The highest BCUT2D eigenvalue weighted by Crippen LogP contribution is 2.47. The summed E-state index contributed by atoms with van der Waals surface area (Å²) >= 11 is 1.35. The van der Waals surface area contributed by atoms with Gasteiger partial charge in [0.1, 0.15) is 11.6 Å². The van der Waals surface area contributed by atoms with Crippen molar-refractivity contribution in [2.75, 3.05) is 49.1 Å². The lowest BCUT2D eigenvalue weighted by Gasteiger charge is -2.27. The number of hydrogen-bond donors (Lipinski definition) is 5. The molecule has 0 aliphatic carbocycles. The number of carbonyl (C=O) groups is 2. The molecule has 17 heteroatoms. The summed E-state index contributed by atoms with van der Waals surface area (Å²) in [6.45, 7) is 12.2. The van der Waals surface area contributed by atoms with E-state index in [-0.39, 0.29) is 34.6 Å². The number of nitrogens with two attached hydrogens (primary N) is 2. The van der Waals surface area contributed by atoms with Crippen molar-refractivity contribution >= 4 is 55.9 Å². The number of anilines is 2. The number of aromatic nitrogens is 2. The molecule has 0 bridgehead atoms. The standard InChI is InChI=1S/C50H72N10O5S2/c1-49(2)40-26-16-17-28-42(40)59(35-21-22-37-67(63,64)65)43(49)29-12-9-11-27-41-38-24-14-15-25-39(38)50(3,4)60(41)36-20-10-13-30-44(61)53-32-18-7-5-6-8-19-33-55-48(62)56-46(51)54-34-23-31-45-57-58-47(52)66-45/h9,11-12,14-17,24-29H,5-8,10,13,18-23,30-37H2,1-4H3,(H7-,51,52,53,54,55,56,58,61,62,63,64,65). The summed E-state index contributed by atoms with van der Waals surface area (Å²) in [6.07, 6.45) is 22.3. The molecule has 67 heavy (non-hydrogen) atoms. The number of allylic oxidation sites excluding steroid dienone is 6. The molecule has 1 aromatic heterocycles. The number of guanidine groups is 1. The molecule has 0 unspecified atom stereocenters. The summed E-state index contributed by atoms with van der Waals surface area (Å²) in [5.41, 5.74) is 18.2. The summed E-state index contributed by atoms with van der Waals surface area (Å²) in [4.78, 5) is 31.2. The number of unbranched alkanes of at least 4 members (excludes halogenated alkanes) is 8. The third kappa shape index (κ3) is 16.1. The zero-order valence-electron chi connectivity index (χ0n) is 39.9. The normalized spacial score (nSPS) is 16.0. The highest BCUT2D eigenvalue weighted by molar-refractivity contribution is 7.85. The van der Waals surface area contributed by atoms with Gasteiger partial charge in [-0.1, -0.05) is 105 Å². The van der Waals surface area contributed by atoms with Gasteiger partial charge in [0.2, 0.25) is 16.8 Å². The van der Waals surface area contributed by atoms with E-state index in [9.17, 15) is 22.6 Å². The second-order valence-electron chi connectivity index (χ2n) is 18.3. The van der Waals surface area contributed by atoms with Gasteiger partial charge in [-0.2, -0.15) is 0 Å². The number of amides is 3. The van der Waals surface area contributed by atoms with Crippen molar-refractivity contribution in [3.8, 4) is 0 Å². The summed E-state index contributed by atoms with van der Waals surface area (Å²) in [5.74, 6) is -0.145. The number of nitrogen functional groups attached to an aromatic ring is 1. The Morgan fingerprint density at radius 1 is 0.836 bits per heavy atom. The summed E-state index contributed by atoms with van der Waals surface area (Å²) in [6, 6.07) is 16.6. The van der Waals surface area contributed by atoms with Gasteiger partial charge in [0.05, 0.1) is 15.7 Å². The number of aliphatic imine (C=N–C) groups is 1. The van der Waals surface area contributed by atoms with Crippen molar-refractivity contribution in [1.29, 1.82) is 0 Å². The maximum atomic E-state index is 12.6. The smallest absolute Gasteiger partial charge is 0.321 e. The SMILES string of the molecule is CC1(C)C(=CC=CC=CC2=[N+](CCCCCC(=O)NCCCCCCCCNC(=O)NC(N)=NCCCc3nnc(N)s3)C(C)(C)c3ccccc32)N(CCCCS(=O)(=O)[O-])c2ccccc21. The van der Waals surface area contributed by atoms with Crippen molar-refractivity contribution in [3.63, 3.8) is 0 Å². The van der Waals surface area contributed by atoms with Crippen molar-refractivity contribution < 1.29 is 27.1 Å². The van der Waals surface area contributed by atoms with Gasteiger partial charge < -0.3 is 31.6 Å². The molecular weight excluding hydrogens is 885 g/mol. The number of nitrogens with zero attached hydrogens (tertiary/aromatic N) is 5. The molecule has 3 heterocycles. The molecule has 3 amide bonds. The molecule has 0 fully saturated rings. The van der Waals surface area contributed by atoms with E-state index in [4.69, 9.17) is 11.5 Å². The predicted octanol–water partition coefficient (Wildman–Crippen LogP) is 7.55. The maximum absolute atomic E-state index is 12.6. The van der Waals surface area contributed by atoms with E-state index in [1.807, 2.05) is 12.1 Å². The third-order valence-electron chi connectivity index (χ3n) is 12.4. The van der Waals surface area contributed by atoms with Gasteiger partial charge in [-0.3, -0.25) is 15.1 Å². The second kappa shape index (κ2) is 25.7. The fraction of sp³-hybridized carbons (Fsp3) is 0.520. The number of benzene rings is 2. The zero-order valence-corrected chi connectivity index (χ0v) is 41.5. The Bertz CT molecular complexity index is 2390. The molecule has 0 atom stereocenters. The molecule has 364 valence electrons. The minimum Gasteiger partial charge on any atom is -0.748 e. The highest BCUT2D eigenvalue weighted by Gasteiger charge is 2.43. The maximum Gasteiger partial charge on any atom is 0.321 e. The highest BCUT2D eigenvalue weighted by atomic mass is 32.2. The molecule has 0 saturated heterocycles.